The van der Waals surface area contributed by atoms with Crippen molar-refractivity contribution in [3.05, 3.63) is 94.9 Å². The largest absolute Gasteiger partial charge is 0.420 e. The molecule has 0 radical (unpaired) electrons. The van der Waals surface area contributed by atoms with Gasteiger partial charge in [-0.1, -0.05) is 48.0 Å². The molecule has 0 saturated carbocycles. The molecule has 3 aromatic heterocycles. The minimum Gasteiger partial charge on any atom is -0.333 e. The summed E-state index contributed by atoms with van der Waals surface area (Å²) >= 11 is 6.41. The number of pyridine rings is 2. The third-order valence-electron chi connectivity index (χ3n) is 5.84. The van der Waals surface area contributed by atoms with Gasteiger partial charge in [-0.15, -0.1) is 0 Å². The highest BCUT2D eigenvalue weighted by molar-refractivity contribution is 6.33. The summed E-state index contributed by atoms with van der Waals surface area (Å²) in [6.07, 6.45) is 0.206. The van der Waals surface area contributed by atoms with Crippen LogP contribution in [0.4, 0.5) is 17.6 Å². The number of aromatic nitrogens is 3. The van der Waals surface area contributed by atoms with Gasteiger partial charge in [0.1, 0.15) is 16.7 Å². The Morgan fingerprint density at radius 3 is 2.49 bits per heavy atom. The number of hydrogen-bond donors (Lipinski definition) is 0. The maximum atomic E-state index is 14.0. The zero-order valence-corrected chi connectivity index (χ0v) is 18.8. The second-order valence-corrected chi connectivity index (χ2v) is 8.37. The third-order valence-corrected chi connectivity index (χ3v) is 6.20. The molecule has 5 nitrogen and oxygen atoms in total. The van der Waals surface area contributed by atoms with E-state index in [-0.39, 0.29) is 35.2 Å². The molecular formula is C25H17ClF4N4O. The van der Waals surface area contributed by atoms with Gasteiger partial charge in [0, 0.05) is 25.5 Å². The molecule has 1 aromatic carbocycles. The number of rotatable bonds is 3. The minimum absolute atomic E-state index is 0.121. The number of fused-ring (bicyclic) bond motifs is 1. The molecule has 0 unspecified atom stereocenters. The van der Waals surface area contributed by atoms with E-state index in [0.717, 1.165) is 10.5 Å². The van der Waals surface area contributed by atoms with Crippen molar-refractivity contribution < 1.29 is 22.4 Å². The van der Waals surface area contributed by atoms with E-state index in [0.29, 0.717) is 17.6 Å². The Morgan fingerprint density at radius 1 is 1.06 bits per heavy atom. The molecule has 1 amide bonds. The number of hydrogen-bond acceptors (Lipinski definition) is 3. The van der Waals surface area contributed by atoms with Crippen LogP contribution in [0.1, 0.15) is 28.2 Å². The third kappa shape index (κ3) is 4.27. The summed E-state index contributed by atoms with van der Waals surface area (Å²) < 4.78 is 56.9. The first-order valence-corrected chi connectivity index (χ1v) is 11.1. The van der Waals surface area contributed by atoms with E-state index < -0.39 is 29.1 Å². The van der Waals surface area contributed by atoms with E-state index in [4.69, 9.17) is 11.6 Å². The van der Waals surface area contributed by atoms with Crippen LogP contribution in [0.25, 0.3) is 22.3 Å². The van der Waals surface area contributed by atoms with Crippen LogP contribution >= 0.6 is 11.6 Å². The van der Waals surface area contributed by atoms with Crippen molar-refractivity contribution in [1.29, 1.82) is 0 Å². The van der Waals surface area contributed by atoms with Crippen molar-refractivity contribution in [3.63, 3.8) is 0 Å². The van der Waals surface area contributed by atoms with Crippen molar-refractivity contribution in [1.82, 2.24) is 19.3 Å². The zero-order valence-electron chi connectivity index (χ0n) is 18.1. The summed E-state index contributed by atoms with van der Waals surface area (Å²) in [5, 5.41) is -0.209. The zero-order chi connectivity index (χ0) is 24.7. The van der Waals surface area contributed by atoms with E-state index in [1.165, 1.54) is 29.4 Å². The van der Waals surface area contributed by atoms with E-state index in [9.17, 15) is 22.4 Å². The topological polar surface area (TPSA) is 50.5 Å². The van der Waals surface area contributed by atoms with Gasteiger partial charge in [0.25, 0.3) is 5.91 Å². The maximum absolute atomic E-state index is 14.0. The second-order valence-electron chi connectivity index (χ2n) is 8.02. The molecule has 4 aromatic rings. The lowest BCUT2D eigenvalue weighted by Gasteiger charge is -2.25. The molecule has 0 aliphatic carbocycles. The maximum Gasteiger partial charge on any atom is 0.420 e. The Morgan fingerprint density at radius 2 is 1.83 bits per heavy atom. The fourth-order valence-corrected chi connectivity index (χ4v) is 4.34. The molecule has 0 N–H and O–H groups in total. The minimum atomic E-state index is -4.71. The van der Waals surface area contributed by atoms with Gasteiger partial charge >= 0.3 is 6.18 Å². The molecule has 5 rings (SSSR count). The van der Waals surface area contributed by atoms with Crippen molar-refractivity contribution in [2.24, 2.45) is 0 Å². The number of carbonyl (C=O) groups is 1. The van der Waals surface area contributed by atoms with E-state index >= 15 is 0 Å². The van der Waals surface area contributed by atoms with Gasteiger partial charge in [0.15, 0.2) is 11.3 Å². The van der Waals surface area contributed by atoms with Crippen LogP contribution in [0, 0.1) is 5.82 Å². The lowest BCUT2D eigenvalue weighted by molar-refractivity contribution is -0.136. The summed E-state index contributed by atoms with van der Waals surface area (Å²) in [6, 6.07) is 12.3. The highest BCUT2D eigenvalue weighted by Crippen LogP contribution is 2.37. The molecular weight excluding hydrogens is 484 g/mol. The van der Waals surface area contributed by atoms with Gasteiger partial charge in [-0.05, 0) is 41.3 Å². The highest BCUT2D eigenvalue weighted by Gasteiger charge is 2.36. The van der Waals surface area contributed by atoms with Gasteiger partial charge in [0.05, 0.1) is 5.56 Å². The first-order valence-electron chi connectivity index (χ1n) is 10.7. The summed E-state index contributed by atoms with van der Waals surface area (Å²) in [5.41, 5.74) is -0.00258. The second kappa shape index (κ2) is 8.81. The number of nitrogens with zero attached hydrogens (tertiary/aromatic N) is 4. The van der Waals surface area contributed by atoms with E-state index in [1.54, 1.807) is 36.4 Å². The Balaban J connectivity index is 1.52. The summed E-state index contributed by atoms with van der Waals surface area (Å²) in [5.74, 6) is -1.07. The Kier molecular flexibility index (Phi) is 5.80. The lowest BCUT2D eigenvalue weighted by atomic mass is 10.0. The molecule has 0 atom stereocenters. The van der Waals surface area contributed by atoms with Crippen molar-refractivity contribution >= 4 is 28.7 Å². The predicted molar refractivity (Wildman–Crippen MR) is 123 cm³/mol. The lowest BCUT2D eigenvalue weighted by Crippen LogP contribution is -2.35. The molecule has 178 valence electrons. The molecule has 10 heteroatoms. The van der Waals surface area contributed by atoms with E-state index in [1.807, 2.05) is 0 Å². The molecule has 0 spiro atoms. The molecule has 0 fully saturated rings. The Labute approximate surface area is 202 Å². The van der Waals surface area contributed by atoms with E-state index in [2.05, 4.69) is 9.97 Å². The molecule has 1 aliphatic heterocycles. The van der Waals surface area contributed by atoms with Crippen molar-refractivity contribution in [2.45, 2.75) is 12.6 Å². The van der Waals surface area contributed by atoms with Gasteiger partial charge < -0.3 is 4.90 Å². The van der Waals surface area contributed by atoms with Crippen LogP contribution in [0.3, 0.4) is 0 Å². The number of halogens is 5. The number of benzene rings is 1. The van der Waals surface area contributed by atoms with Gasteiger partial charge in [-0.3, -0.25) is 14.2 Å². The fourth-order valence-electron chi connectivity index (χ4n) is 4.09. The Bertz CT molecular complexity index is 1460. The number of alkyl halides is 3. The number of carbonyl (C=O) groups excluding carboxylic acids is 1. The van der Waals surface area contributed by atoms with Gasteiger partial charge in [-0.25, -0.2) is 9.37 Å². The molecule has 0 bridgehead atoms. The SMILES string of the molecule is O=C(c1nc2c(C(F)(F)F)cc(-c3ccccc3)cn2c1Cl)N1CC=C(c2ncccc2F)CC1. The van der Waals surface area contributed by atoms with Crippen molar-refractivity contribution in [2.75, 3.05) is 13.1 Å². The Hall–Kier alpha value is -3.72. The highest BCUT2D eigenvalue weighted by atomic mass is 35.5. The monoisotopic (exact) mass is 500 g/mol. The first-order chi connectivity index (χ1) is 16.7. The average Bonchev–Trinajstić information content (AvgIpc) is 3.19. The number of imidazole rings is 1. The quantitative estimate of drug-likeness (QED) is 0.318. The average molecular weight is 501 g/mol. The molecule has 0 saturated heterocycles. The van der Waals surface area contributed by atoms with Crippen LogP contribution in [0.2, 0.25) is 5.15 Å². The van der Waals surface area contributed by atoms with Crippen molar-refractivity contribution in [3.8, 4) is 11.1 Å². The van der Waals surface area contributed by atoms with Crippen LogP contribution < -0.4 is 0 Å². The summed E-state index contributed by atoms with van der Waals surface area (Å²) in [7, 11) is 0. The van der Waals surface area contributed by atoms with Crippen LogP contribution in [-0.2, 0) is 6.18 Å². The standard InChI is InChI=1S/C25H17ClF4N4O/c26-22-21(24(35)33-11-8-16(9-12-33)20-19(27)7-4-10-31-20)32-23-18(25(28,29)30)13-17(14-34(22)23)15-5-2-1-3-6-15/h1-8,10,13-14H,9,11-12H2. The first kappa shape index (κ1) is 23.0. The van der Waals surface area contributed by atoms with Gasteiger partial charge in [0.2, 0.25) is 0 Å². The fraction of sp³-hybridized carbons (Fsp3) is 0.160. The molecule has 1 aliphatic rings. The number of amides is 1. The predicted octanol–water partition coefficient (Wildman–Crippen LogP) is 6.14. The summed E-state index contributed by atoms with van der Waals surface area (Å²) in [6.45, 7) is 0.335. The smallest absolute Gasteiger partial charge is 0.333 e. The van der Waals surface area contributed by atoms with Crippen LogP contribution in [0.5, 0.6) is 0 Å². The molecule has 35 heavy (non-hydrogen) atoms. The normalized spacial score (nSPS) is 14.3. The van der Waals surface area contributed by atoms with Gasteiger partial charge in [-0.2, -0.15) is 13.2 Å². The van der Waals surface area contributed by atoms with Crippen LogP contribution in [-0.4, -0.2) is 38.3 Å². The summed E-state index contributed by atoms with van der Waals surface area (Å²) in [4.78, 5) is 22.6. The molecule has 4 heterocycles. The van der Waals surface area contributed by atoms with Crippen LogP contribution in [0.15, 0.2) is 67.0 Å².